The molecular weight excluding hydrogens is 254 g/mol. The maximum absolute atomic E-state index is 10.2. The highest BCUT2D eigenvalue weighted by molar-refractivity contribution is 5.27. The van der Waals surface area contributed by atoms with Crippen LogP contribution in [-0.2, 0) is 19.4 Å². The number of aryl methyl sites for hydroxylation is 1. The third-order valence-electron chi connectivity index (χ3n) is 3.18. The molecule has 0 amide bonds. The smallest absolute Gasteiger partial charge is 0.138 e. The zero-order chi connectivity index (χ0) is 14.4. The second kappa shape index (κ2) is 7.05. The number of aliphatic hydroxyl groups excluding tert-OH is 1. The van der Waals surface area contributed by atoms with Gasteiger partial charge in [0.2, 0.25) is 0 Å². The van der Waals surface area contributed by atoms with Gasteiger partial charge in [0.25, 0.3) is 0 Å². The van der Waals surface area contributed by atoms with Crippen molar-refractivity contribution in [3.05, 3.63) is 42.0 Å². The second-order valence-corrected chi connectivity index (χ2v) is 4.81. The molecule has 0 aliphatic rings. The Morgan fingerprint density at radius 1 is 1.25 bits per heavy atom. The van der Waals surface area contributed by atoms with Gasteiger partial charge in [-0.1, -0.05) is 19.1 Å². The molecule has 0 saturated carbocycles. The van der Waals surface area contributed by atoms with E-state index in [1.165, 1.54) is 0 Å². The summed E-state index contributed by atoms with van der Waals surface area (Å²) >= 11 is 0. The molecule has 1 atom stereocenters. The molecule has 0 spiro atoms. The number of methoxy groups -OCH3 is 1. The number of rotatable bonds is 7. The predicted molar refractivity (Wildman–Crippen MR) is 76.7 cm³/mol. The Morgan fingerprint density at radius 2 is 2.00 bits per heavy atom. The molecule has 1 heterocycles. The van der Waals surface area contributed by atoms with Crippen LogP contribution in [0.5, 0.6) is 5.75 Å². The number of ether oxygens (including phenoxy) is 1. The molecule has 1 N–H and O–H groups in total. The highest BCUT2D eigenvalue weighted by Crippen LogP contribution is 2.14. The van der Waals surface area contributed by atoms with E-state index in [9.17, 15) is 5.11 Å². The van der Waals surface area contributed by atoms with Gasteiger partial charge in [0, 0.05) is 13.0 Å². The van der Waals surface area contributed by atoms with Crippen LogP contribution in [0.3, 0.4) is 0 Å². The molecule has 0 saturated heterocycles. The molecule has 108 valence electrons. The molecule has 5 heteroatoms. The Bertz CT molecular complexity index is 522. The SMILES string of the molecule is CCCn1ncnc1CC(O)Cc1ccc(OC)cc1. The number of hydrogen-bond donors (Lipinski definition) is 1. The third-order valence-corrected chi connectivity index (χ3v) is 3.18. The van der Waals surface area contributed by atoms with E-state index in [1.807, 2.05) is 28.9 Å². The van der Waals surface area contributed by atoms with Crippen molar-refractivity contribution in [2.75, 3.05) is 7.11 Å². The van der Waals surface area contributed by atoms with Crippen LogP contribution in [0.4, 0.5) is 0 Å². The van der Waals surface area contributed by atoms with Gasteiger partial charge in [0.05, 0.1) is 13.2 Å². The first-order valence-corrected chi connectivity index (χ1v) is 6.90. The quantitative estimate of drug-likeness (QED) is 0.837. The third kappa shape index (κ3) is 3.81. The van der Waals surface area contributed by atoms with Crippen molar-refractivity contribution in [1.82, 2.24) is 14.8 Å². The summed E-state index contributed by atoms with van der Waals surface area (Å²) in [5.74, 6) is 1.67. The largest absolute Gasteiger partial charge is 0.497 e. The Kier molecular flexibility index (Phi) is 5.12. The van der Waals surface area contributed by atoms with Crippen LogP contribution in [0.25, 0.3) is 0 Å². The molecule has 0 aliphatic heterocycles. The van der Waals surface area contributed by atoms with Gasteiger partial charge in [-0.3, -0.25) is 4.68 Å². The van der Waals surface area contributed by atoms with Crippen molar-refractivity contribution >= 4 is 0 Å². The van der Waals surface area contributed by atoms with Crippen LogP contribution in [-0.4, -0.2) is 33.1 Å². The summed E-state index contributed by atoms with van der Waals surface area (Å²) in [5, 5.41) is 14.3. The molecule has 2 aromatic rings. The van der Waals surface area contributed by atoms with Crippen molar-refractivity contribution in [3.63, 3.8) is 0 Å². The summed E-state index contributed by atoms with van der Waals surface area (Å²) in [6.07, 6.45) is 3.22. The summed E-state index contributed by atoms with van der Waals surface area (Å²) in [7, 11) is 1.64. The van der Waals surface area contributed by atoms with Crippen molar-refractivity contribution in [2.45, 2.75) is 38.8 Å². The Hall–Kier alpha value is -1.88. The van der Waals surface area contributed by atoms with E-state index in [0.29, 0.717) is 12.8 Å². The Balaban J connectivity index is 1.94. The van der Waals surface area contributed by atoms with Crippen LogP contribution in [0.2, 0.25) is 0 Å². The van der Waals surface area contributed by atoms with E-state index in [4.69, 9.17) is 4.74 Å². The van der Waals surface area contributed by atoms with Crippen LogP contribution in [0.15, 0.2) is 30.6 Å². The van der Waals surface area contributed by atoms with E-state index in [0.717, 1.165) is 30.1 Å². The van der Waals surface area contributed by atoms with Gasteiger partial charge >= 0.3 is 0 Å². The van der Waals surface area contributed by atoms with E-state index < -0.39 is 6.10 Å². The lowest BCUT2D eigenvalue weighted by atomic mass is 10.1. The summed E-state index contributed by atoms with van der Waals surface area (Å²) in [6, 6.07) is 7.75. The van der Waals surface area contributed by atoms with Gasteiger partial charge in [0.15, 0.2) is 0 Å². The number of aliphatic hydroxyl groups is 1. The first kappa shape index (κ1) is 14.5. The number of hydrogen-bond acceptors (Lipinski definition) is 4. The van der Waals surface area contributed by atoms with Crippen LogP contribution < -0.4 is 4.74 Å². The molecule has 5 nitrogen and oxygen atoms in total. The number of benzene rings is 1. The lowest BCUT2D eigenvalue weighted by Crippen LogP contribution is -2.18. The average molecular weight is 275 g/mol. The first-order chi connectivity index (χ1) is 9.72. The molecule has 0 aliphatic carbocycles. The molecule has 0 bridgehead atoms. The number of aromatic nitrogens is 3. The minimum atomic E-state index is -0.455. The fourth-order valence-corrected chi connectivity index (χ4v) is 2.16. The van der Waals surface area contributed by atoms with Crippen molar-refractivity contribution < 1.29 is 9.84 Å². The normalized spacial score (nSPS) is 12.3. The molecular formula is C15H21N3O2. The van der Waals surface area contributed by atoms with Gasteiger partial charge in [0.1, 0.15) is 17.9 Å². The summed E-state index contributed by atoms with van der Waals surface area (Å²) < 4.78 is 6.98. The van der Waals surface area contributed by atoms with Gasteiger partial charge in [-0.15, -0.1) is 0 Å². The van der Waals surface area contributed by atoms with Crippen LogP contribution >= 0.6 is 0 Å². The van der Waals surface area contributed by atoms with Crippen molar-refractivity contribution in [1.29, 1.82) is 0 Å². The Morgan fingerprint density at radius 3 is 2.65 bits per heavy atom. The van der Waals surface area contributed by atoms with Crippen LogP contribution in [0, 0.1) is 0 Å². The topological polar surface area (TPSA) is 60.2 Å². The van der Waals surface area contributed by atoms with Gasteiger partial charge < -0.3 is 9.84 Å². The first-order valence-electron chi connectivity index (χ1n) is 6.90. The molecule has 0 radical (unpaired) electrons. The average Bonchev–Trinajstić information content (AvgIpc) is 2.87. The zero-order valence-corrected chi connectivity index (χ0v) is 12.0. The van der Waals surface area contributed by atoms with Gasteiger partial charge in [-0.25, -0.2) is 4.98 Å². The summed E-state index contributed by atoms with van der Waals surface area (Å²) in [4.78, 5) is 4.22. The lowest BCUT2D eigenvalue weighted by molar-refractivity contribution is 0.171. The van der Waals surface area contributed by atoms with Crippen LogP contribution in [0.1, 0.15) is 24.7 Å². The monoisotopic (exact) mass is 275 g/mol. The van der Waals surface area contributed by atoms with Gasteiger partial charge in [-0.05, 0) is 30.5 Å². The highest BCUT2D eigenvalue weighted by atomic mass is 16.5. The molecule has 1 unspecified atom stereocenters. The van der Waals surface area contributed by atoms with E-state index >= 15 is 0 Å². The van der Waals surface area contributed by atoms with E-state index in [-0.39, 0.29) is 0 Å². The summed E-state index contributed by atoms with van der Waals surface area (Å²) in [6.45, 7) is 2.93. The van der Waals surface area contributed by atoms with E-state index in [1.54, 1.807) is 13.4 Å². The second-order valence-electron chi connectivity index (χ2n) is 4.81. The van der Waals surface area contributed by atoms with Crippen molar-refractivity contribution in [3.8, 4) is 5.75 Å². The maximum atomic E-state index is 10.2. The fraction of sp³-hybridized carbons (Fsp3) is 0.467. The fourth-order valence-electron chi connectivity index (χ4n) is 2.16. The molecule has 2 rings (SSSR count). The Labute approximate surface area is 119 Å². The number of nitrogens with zero attached hydrogens (tertiary/aromatic N) is 3. The maximum Gasteiger partial charge on any atom is 0.138 e. The highest BCUT2D eigenvalue weighted by Gasteiger charge is 2.11. The lowest BCUT2D eigenvalue weighted by Gasteiger charge is -2.11. The van der Waals surface area contributed by atoms with Gasteiger partial charge in [-0.2, -0.15) is 5.10 Å². The molecule has 0 fully saturated rings. The minimum Gasteiger partial charge on any atom is -0.497 e. The predicted octanol–water partition coefficient (Wildman–Crippen LogP) is 1.84. The molecule has 1 aromatic carbocycles. The molecule has 20 heavy (non-hydrogen) atoms. The molecule has 1 aromatic heterocycles. The minimum absolute atomic E-state index is 0.455. The zero-order valence-electron chi connectivity index (χ0n) is 12.0. The van der Waals surface area contributed by atoms with E-state index in [2.05, 4.69) is 17.0 Å². The van der Waals surface area contributed by atoms with Crippen molar-refractivity contribution in [2.24, 2.45) is 0 Å². The summed E-state index contributed by atoms with van der Waals surface area (Å²) in [5.41, 5.74) is 1.08. The standard InChI is InChI=1S/C15H21N3O2/c1-3-8-18-15(16-11-17-18)10-13(19)9-12-4-6-14(20-2)7-5-12/h4-7,11,13,19H,3,8-10H2,1-2H3.